The summed E-state index contributed by atoms with van der Waals surface area (Å²) in [5, 5.41) is 4.29. The Balaban J connectivity index is 2.37. The van der Waals surface area contributed by atoms with Crippen LogP contribution < -0.4 is 5.73 Å². The maximum Gasteiger partial charge on any atom is 0.225 e. The van der Waals surface area contributed by atoms with Gasteiger partial charge in [0.2, 0.25) is 5.88 Å². The van der Waals surface area contributed by atoms with E-state index in [1.54, 1.807) is 0 Å². The summed E-state index contributed by atoms with van der Waals surface area (Å²) in [6.45, 7) is 6.68. The minimum Gasteiger partial charge on any atom is -0.367 e. The van der Waals surface area contributed by atoms with E-state index in [2.05, 4.69) is 25.9 Å². The van der Waals surface area contributed by atoms with Crippen LogP contribution in [0.2, 0.25) is 0 Å². The van der Waals surface area contributed by atoms with Crippen molar-refractivity contribution < 1.29 is 4.52 Å². The molecule has 1 aliphatic rings. The monoisotopic (exact) mass is 236 g/mol. The van der Waals surface area contributed by atoms with Crippen LogP contribution in [0.1, 0.15) is 64.1 Å². The number of nitrogens with zero attached hydrogens (tertiary/aromatic N) is 1. The first-order chi connectivity index (χ1) is 8.09. The van der Waals surface area contributed by atoms with E-state index in [0.717, 1.165) is 18.5 Å². The van der Waals surface area contributed by atoms with Crippen molar-refractivity contribution in [3.8, 4) is 0 Å². The molecule has 1 aromatic heterocycles. The fourth-order valence-corrected chi connectivity index (χ4v) is 3.15. The SMILES string of the molecule is CCC1(c2noc(N)c2CC(C)C)CCCC1. The van der Waals surface area contributed by atoms with Gasteiger partial charge in [0.15, 0.2) is 0 Å². The third kappa shape index (κ3) is 2.20. The summed E-state index contributed by atoms with van der Waals surface area (Å²) in [7, 11) is 0. The third-order valence-corrected chi connectivity index (χ3v) is 4.17. The zero-order valence-electron chi connectivity index (χ0n) is 11.3. The van der Waals surface area contributed by atoms with Gasteiger partial charge in [-0.05, 0) is 31.6 Å². The number of nitrogens with two attached hydrogens (primary N) is 1. The number of rotatable bonds is 4. The highest BCUT2D eigenvalue weighted by Gasteiger charge is 2.39. The summed E-state index contributed by atoms with van der Waals surface area (Å²) in [4.78, 5) is 0. The van der Waals surface area contributed by atoms with Gasteiger partial charge in [0.25, 0.3) is 0 Å². The quantitative estimate of drug-likeness (QED) is 0.867. The fraction of sp³-hybridized carbons (Fsp3) is 0.786. The molecule has 1 saturated carbocycles. The predicted octanol–water partition coefficient (Wildman–Crippen LogP) is 3.68. The molecule has 0 atom stereocenters. The molecule has 1 aliphatic carbocycles. The van der Waals surface area contributed by atoms with E-state index >= 15 is 0 Å². The Morgan fingerprint density at radius 3 is 2.53 bits per heavy atom. The molecule has 1 heterocycles. The number of nitrogen functional groups attached to an aromatic ring is 1. The molecular weight excluding hydrogens is 212 g/mol. The van der Waals surface area contributed by atoms with Crippen LogP contribution in [0, 0.1) is 5.92 Å². The Kier molecular flexibility index (Phi) is 3.45. The topological polar surface area (TPSA) is 52.0 Å². The first kappa shape index (κ1) is 12.5. The highest BCUT2D eigenvalue weighted by molar-refractivity contribution is 5.43. The van der Waals surface area contributed by atoms with Gasteiger partial charge in [-0.3, -0.25) is 0 Å². The molecule has 17 heavy (non-hydrogen) atoms. The van der Waals surface area contributed by atoms with Crippen molar-refractivity contribution >= 4 is 5.88 Å². The van der Waals surface area contributed by atoms with Crippen molar-refractivity contribution in [3.05, 3.63) is 11.3 Å². The molecule has 3 heteroatoms. The summed E-state index contributed by atoms with van der Waals surface area (Å²) < 4.78 is 5.26. The van der Waals surface area contributed by atoms with Crippen LogP contribution in [0.5, 0.6) is 0 Å². The Bertz CT molecular complexity index is 376. The van der Waals surface area contributed by atoms with Crippen LogP contribution in [0.25, 0.3) is 0 Å². The summed E-state index contributed by atoms with van der Waals surface area (Å²) >= 11 is 0. The second-order valence-corrected chi connectivity index (χ2v) is 5.81. The molecule has 96 valence electrons. The van der Waals surface area contributed by atoms with Gasteiger partial charge >= 0.3 is 0 Å². The standard InChI is InChI=1S/C14H24N2O/c1-4-14(7-5-6-8-14)12-11(9-10(2)3)13(15)17-16-12/h10H,4-9,15H2,1-3H3. The largest absolute Gasteiger partial charge is 0.367 e. The lowest BCUT2D eigenvalue weighted by Gasteiger charge is -2.26. The fourth-order valence-electron chi connectivity index (χ4n) is 3.15. The highest BCUT2D eigenvalue weighted by atomic mass is 16.5. The molecule has 2 N–H and O–H groups in total. The lowest BCUT2D eigenvalue weighted by molar-refractivity contribution is 0.359. The Labute approximate surface area is 104 Å². The van der Waals surface area contributed by atoms with Gasteiger partial charge in [-0.25, -0.2) is 0 Å². The van der Waals surface area contributed by atoms with Gasteiger partial charge in [0.1, 0.15) is 0 Å². The van der Waals surface area contributed by atoms with Crippen LogP contribution in [-0.4, -0.2) is 5.16 Å². The molecule has 1 fully saturated rings. The van der Waals surface area contributed by atoms with E-state index in [1.165, 1.54) is 31.2 Å². The molecule has 0 spiro atoms. The summed E-state index contributed by atoms with van der Waals surface area (Å²) in [6, 6.07) is 0. The van der Waals surface area contributed by atoms with E-state index in [4.69, 9.17) is 10.3 Å². The molecule has 0 amide bonds. The third-order valence-electron chi connectivity index (χ3n) is 4.17. The van der Waals surface area contributed by atoms with Crippen LogP contribution in [0.15, 0.2) is 4.52 Å². The van der Waals surface area contributed by atoms with Gasteiger partial charge in [-0.2, -0.15) is 0 Å². The molecule has 0 aliphatic heterocycles. The molecule has 0 unspecified atom stereocenters. The normalized spacial score (nSPS) is 19.1. The second-order valence-electron chi connectivity index (χ2n) is 5.81. The van der Waals surface area contributed by atoms with Gasteiger partial charge in [-0.1, -0.05) is 38.8 Å². The first-order valence-electron chi connectivity index (χ1n) is 6.83. The van der Waals surface area contributed by atoms with Gasteiger partial charge in [-0.15, -0.1) is 0 Å². The average Bonchev–Trinajstić information content (AvgIpc) is 2.88. The summed E-state index contributed by atoms with van der Waals surface area (Å²) in [6.07, 6.45) is 7.21. The maximum absolute atomic E-state index is 5.94. The first-order valence-corrected chi connectivity index (χ1v) is 6.83. The molecule has 2 rings (SSSR count). The summed E-state index contributed by atoms with van der Waals surface area (Å²) in [5.41, 5.74) is 8.51. The zero-order valence-corrected chi connectivity index (χ0v) is 11.3. The van der Waals surface area contributed by atoms with Crippen LogP contribution >= 0.6 is 0 Å². The average molecular weight is 236 g/mol. The Morgan fingerprint density at radius 2 is 2.00 bits per heavy atom. The summed E-state index contributed by atoms with van der Waals surface area (Å²) in [5.74, 6) is 1.12. The van der Waals surface area contributed by atoms with E-state index in [1.807, 2.05) is 0 Å². The predicted molar refractivity (Wildman–Crippen MR) is 69.9 cm³/mol. The van der Waals surface area contributed by atoms with Crippen LogP contribution in [0.3, 0.4) is 0 Å². The molecule has 0 aromatic carbocycles. The van der Waals surface area contributed by atoms with Crippen LogP contribution in [-0.2, 0) is 11.8 Å². The lowest BCUT2D eigenvalue weighted by Crippen LogP contribution is -2.23. The van der Waals surface area contributed by atoms with E-state index in [0.29, 0.717) is 11.8 Å². The van der Waals surface area contributed by atoms with Crippen molar-refractivity contribution in [2.45, 2.75) is 64.7 Å². The smallest absolute Gasteiger partial charge is 0.225 e. The highest BCUT2D eigenvalue weighted by Crippen LogP contribution is 2.45. The van der Waals surface area contributed by atoms with Crippen molar-refractivity contribution in [2.24, 2.45) is 5.92 Å². The van der Waals surface area contributed by atoms with E-state index in [9.17, 15) is 0 Å². The molecule has 3 nitrogen and oxygen atoms in total. The van der Waals surface area contributed by atoms with Crippen molar-refractivity contribution in [1.29, 1.82) is 0 Å². The van der Waals surface area contributed by atoms with Crippen molar-refractivity contribution in [3.63, 3.8) is 0 Å². The van der Waals surface area contributed by atoms with Crippen molar-refractivity contribution in [2.75, 3.05) is 5.73 Å². The van der Waals surface area contributed by atoms with Gasteiger partial charge in [0.05, 0.1) is 5.69 Å². The molecule has 0 radical (unpaired) electrons. The number of anilines is 1. The Hall–Kier alpha value is -0.990. The Morgan fingerprint density at radius 1 is 1.35 bits per heavy atom. The minimum absolute atomic E-state index is 0.241. The molecule has 1 aromatic rings. The second kappa shape index (κ2) is 4.71. The zero-order chi connectivity index (χ0) is 12.5. The molecular formula is C14H24N2O. The van der Waals surface area contributed by atoms with Crippen LogP contribution in [0.4, 0.5) is 5.88 Å². The van der Waals surface area contributed by atoms with E-state index < -0.39 is 0 Å². The number of hydrogen-bond donors (Lipinski definition) is 1. The molecule has 0 bridgehead atoms. The minimum atomic E-state index is 0.241. The van der Waals surface area contributed by atoms with E-state index in [-0.39, 0.29) is 5.41 Å². The lowest BCUT2D eigenvalue weighted by atomic mass is 9.77. The number of hydrogen-bond acceptors (Lipinski definition) is 3. The maximum atomic E-state index is 5.94. The number of aromatic nitrogens is 1. The van der Waals surface area contributed by atoms with Crippen molar-refractivity contribution in [1.82, 2.24) is 5.16 Å². The van der Waals surface area contributed by atoms with Gasteiger partial charge in [0, 0.05) is 11.0 Å². The molecule has 0 saturated heterocycles. The van der Waals surface area contributed by atoms with Gasteiger partial charge < -0.3 is 10.3 Å².